The second-order valence-electron chi connectivity index (χ2n) is 3.82. The number of rotatable bonds is 2. The molecule has 3 nitrogen and oxygen atoms in total. The molecule has 0 aliphatic carbocycles. The van der Waals surface area contributed by atoms with E-state index in [1.54, 1.807) is 12.1 Å². The van der Waals surface area contributed by atoms with Gasteiger partial charge in [-0.2, -0.15) is 0 Å². The number of halogens is 3. The molecule has 1 heterocycles. The minimum absolute atomic E-state index is 0.109. The lowest BCUT2D eigenvalue weighted by molar-refractivity contribution is 0.0992. The van der Waals surface area contributed by atoms with Crippen molar-refractivity contribution >= 4 is 34.8 Å². The summed E-state index contributed by atoms with van der Waals surface area (Å²) >= 11 is 11.5. The van der Waals surface area contributed by atoms with Gasteiger partial charge in [0.05, 0.1) is 5.69 Å². The summed E-state index contributed by atoms with van der Waals surface area (Å²) in [5.74, 6) is -0.902. The molecule has 1 aromatic carbocycles. The van der Waals surface area contributed by atoms with Gasteiger partial charge in [-0.25, -0.2) is 9.37 Å². The highest BCUT2D eigenvalue weighted by atomic mass is 35.5. The first-order valence-electron chi connectivity index (χ1n) is 5.34. The van der Waals surface area contributed by atoms with Gasteiger partial charge in [-0.1, -0.05) is 35.3 Å². The van der Waals surface area contributed by atoms with Crippen molar-refractivity contribution in [2.45, 2.75) is 0 Å². The molecule has 0 N–H and O–H groups in total. The Kier molecular flexibility index (Phi) is 4.02. The molecule has 0 aliphatic heterocycles. The molecular weight excluding hydrogens is 290 g/mol. The normalized spacial score (nSPS) is 10.3. The summed E-state index contributed by atoms with van der Waals surface area (Å²) in [6.07, 6.45) is 0. The fraction of sp³-hybridized carbons (Fsp3) is 0.0769. The summed E-state index contributed by atoms with van der Waals surface area (Å²) in [6, 6.07) is 8.76. The van der Waals surface area contributed by atoms with Gasteiger partial charge in [-0.15, -0.1) is 0 Å². The Morgan fingerprint density at radius 2 is 1.79 bits per heavy atom. The van der Waals surface area contributed by atoms with Gasteiger partial charge in [0.15, 0.2) is 0 Å². The number of anilines is 1. The highest BCUT2D eigenvalue weighted by Crippen LogP contribution is 2.21. The van der Waals surface area contributed by atoms with E-state index in [2.05, 4.69) is 4.98 Å². The number of aromatic nitrogens is 1. The van der Waals surface area contributed by atoms with Crippen LogP contribution in [0.2, 0.25) is 10.3 Å². The van der Waals surface area contributed by atoms with Crippen molar-refractivity contribution in [2.75, 3.05) is 11.9 Å². The molecule has 0 bridgehead atoms. The van der Waals surface area contributed by atoms with Crippen LogP contribution in [0.1, 0.15) is 10.4 Å². The molecule has 0 saturated heterocycles. The van der Waals surface area contributed by atoms with Crippen molar-refractivity contribution in [3.63, 3.8) is 0 Å². The summed E-state index contributed by atoms with van der Waals surface area (Å²) in [7, 11) is 1.48. The van der Waals surface area contributed by atoms with Gasteiger partial charge in [0.25, 0.3) is 5.91 Å². The Labute approximate surface area is 119 Å². The molecule has 98 valence electrons. The zero-order valence-corrected chi connectivity index (χ0v) is 11.4. The van der Waals surface area contributed by atoms with Crippen molar-refractivity contribution < 1.29 is 9.18 Å². The van der Waals surface area contributed by atoms with Crippen LogP contribution < -0.4 is 4.90 Å². The summed E-state index contributed by atoms with van der Waals surface area (Å²) < 4.78 is 13.6. The van der Waals surface area contributed by atoms with Crippen molar-refractivity contribution in [3.05, 3.63) is 58.1 Å². The minimum Gasteiger partial charge on any atom is -0.309 e. The highest BCUT2D eigenvalue weighted by Gasteiger charge is 2.17. The van der Waals surface area contributed by atoms with E-state index < -0.39 is 11.7 Å². The SMILES string of the molecule is CN(C(=O)c1cc(Cl)nc(Cl)c1)c1ccccc1F. The van der Waals surface area contributed by atoms with E-state index in [0.717, 1.165) is 0 Å². The van der Waals surface area contributed by atoms with Gasteiger partial charge >= 0.3 is 0 Å². The van der Waals surface area contributed by atoms with Crippen molar-refractivity contribution in [1.29, 1.82) is 0 Å². The van der Waals surface area contributed by atoms with Crippen molar-refractivity contribution in [3.8, 4) is 0 Å². The predicted octanol–water partition coefficient (Wildman–Crippen LogP) is 3.80. The van der Waals surface area contributed by atoms with Crippen LogP contribution in [0.15, 0.2) is 36.4 Å². The number of amides is 1. The standard InChI is InChI=1S/C13H9Cl2FN2O/c1-18(10-5-3-2-4-9(10)16)13(19)8-6-11(14)17-12(15)7-8/h2-7H,1H3. The van der Waals surface area contributed by atoms with Crippen LogP contribution in [-0.2, 0) is 0 Å². The first kappa shape index (κ1) is 13.8. The maximum Gasteiger partial charge on any atom is 0.258 e. The predicted molar refractivity (Wildman–Crippen MR) is 73.4 cm³/mol. The smallest absolute Gasteiger partial charge is 0.258 e. The van der Waals surface area contributed by atoms with Crippen LogP contribution in [0.4, 0.5) is 10.1 Å². The van der Waals surface area contributed by atoms with Gasteiger partial charge in [0.2, 0.25) is 0 Å². The minimum atomic E-state index is -0.482. The zero-order chi connectivity index (χ0) is 14.0. The van der Waals surface area contributed by atoms with E-state index >= 15 is 0 Å². The summed E-state index contributed by atoms with van der Waals surface area (Å²) in [4.78, 5) is 17.2. The maximum atomic E-state index is 13.6. The number of nitrogens with zero attached hydrogens (tertiary/aromatic N) is 2. The Morgan fingerprint density at radius 1 is 1.21 bits per heavy atom. The average molecular weight is 299 g/mol. The molecule has 6 heteroatoms. The number of para-hydroxylation sites is 1. The molecule has 2 aromatic rings. The van der Waals surface area contributed by atoms with Crippen LogP contribution in [-0.4, -0.2) is 17.9 Å². The average Bonchev–Trinajstić information content (AvgIpc) is 2.36. The topological polar surface area (TPSA) is 33.2 Å². The fourth-order valence-electron chi connectivity index (χ4n) is 1.62. The van der Waals surface area contributed by atoms with E-state index in [0.29, 0.717) is 0 Å². The Hall–Kier alpha value is -1.65. The number of carbonyl (C=O) groups excluding carboxylic acids is 1. The monoisotopic (exact) mass is 298 g/mol. The third-order valence-corrected chi connectivity index (χ3v) is 2.92. The van der Waals surface area contributed by atoms with E-state index in [-0.39, 0.29) is 21.6 Å². The fourth-order valence-corrected chi connectivity index (χ4v) is 2.08. The number of carbonyl (C=O) groups is 1. The molecular formula is C13H9Cl2FN2O. The van der Waals surface area contributed by atoms with Crippen LogP contribution in [0.25, 0.3) is 0 Å². The number of pyridine rings is 1. The van der Waals surface area contributed by atoms with Crippen LogP contribution >= 0.6 is 23.2 Å². The highest BCUT2D eigenvalue weighted by molar-refractivity contribution is 6.33. The molecule has 0 spiro atoms. The lowest BCUT2D eigenvalue weighted by Crippen LogP contribution is -2.27. The quantitative estimate of drug-likeness (QED) is 0.790. The van der Waals surface area contributed by atoms with E-state index in [4.69, 9.17) is 23.2 Å². The molecule has 0 fully saturated rings. The Balaban J connectivity index is 2.36. The lowest BCUT2D eigenvalue weighted by atomic mass is 10.2. The summed E-state index contributed by atoms with van der Waals surface area (Å²) in [5, 5.41) is 0.218. The lowest BCUT2D eigenvalue weighted by Gasteiger charge is -2.18. The molecule has 0 aliphatic rings. The molecule has 0 saturated carbocycles. The van der Waals surface area contributed by atoms with Crippen LogP contribution in [0, 0.1) is 5.82 Å². The first-order chi connectivity index (χ1) is 8.99. The molecule has 2 rings (SSSR count). The molecule has 0 unspecified atom stereocenters. The van der Waals surface area contributed by atoms with Crippen LogP contribution in [0.5, 0.6) is 0 Å². The third-order valence-electron chi connectivity index (χ3n) is 2.53. The molecule has 19 heavy (non-hydrogen) atoms. The molecule has 1 aromatic heterocycles. The summed E-state index contributed by atoms with van der Waals surface area (Å²) in [6.45, 7) is 0. The second-order valence-corrected chi connectivity index (χ2v) is 4.59. The molecule has 0 radical (unpaired) electrons. The molecule has 1 amide bonds. The van der Waals surface area contributed by atoms with Crippen molar-refractivity contribution in [2.24, 2.45) is 0 Å². The van der Waals surface area contributed by atoms with Gasteiger partial charge < -0.3 is 4.90 Å². The third kappa shape index (κ3) is 3.03. The van der Waals surface area contributed by atoms with Crippen molar-refractivity contribution in [1.82, 2.24) is 4.98 Å². The first-order valence-corrected chi connectivity index (χ1v) is 6.10. The Bertz CT molecular complexity index is 614. The largest absolute Gasteiger partial charge is 0.309 e. The van der Waals surface area contributed by atoms with Crippen LogP contribution in [0.3, 0.4) is 0 Å². The van der Waals surface area contributed by atoms with Gasteiger partial charge in [-0.05, 0) is 24.3 Å². The van der Waals surface area contributed by atoms with Gasteiger partial charge in [-0.3, -0.25) is 4.79 Å². The summed E-state index contributed by atoms with van der Waals surface area (Å²) in [5.41, 5.74) is 0.423. The maximum absolute atomic E-state index is 13.6. The molecule has 0 atom stereocenters. The van der Waals surface area contributed by atoms with E-state index in [9.17, 15) is 9.18 Å². The Morgan fingerprint density at radius 3 is 2.37 bits per heavy atom. The number of hydrogen-bond donors (Lipinski definition) is 0. The van der Waals surface area contributed by atoms with E-state index in [1.807, 2.05) is 0 Å². The zero-order valence-electron chi connectivity index (χ0n) is 9.90. The van der Waals surface area contributed by atoms with E-state index in [1.165, 1.54) is 36.2 Å². The van der Waals surface area contributed by atoms with Gasteiger partial charge in [0, 0.05) is 12.6 Å². The number of hydrogen-bond acceptors (Lipinski definition) is 2. The number of benzene rings is 1. The van der Waals surface area contributed by atoms with Gasteiger partial charge in [0.1, 0.15) is 16.1 Å². The second kappa shape index (κ2) is 5.55.